The molecule has 0 bridgehead atoms. The molecule has 0 aromatic carbocycles. The van der Waals surface area contributed by atoms with Crippen molar-refractivity contribution in [1.29, 1.82) is 0 Å². The van der Waals surface area contributed by atoms with Crippen molar-refractivity contribution in [3.63, 3.8) is 0 Å². The van der Waals surface area contributed by atoms with Crippen LogP contribution in [0.15, 0.2) is 0 Å². The fourth-order valence-corrected chi connectivity index (χ4v) is 22.7. The van der Waals surface area contributed by atoms with Crippen LogP contribution in [0.25, 0.3) is 0 Å². The SMILES string of the molecule is C[Si](C)O[Si](C)(C)OO[Si](C)(C)O[Si](C)(C)O[Si](C)(C)O[Si](C)C. The third-order valence-corrected chi connectivity index (χ3v) is 18.5. The second kappa shape index (κ2) is 9.32. The third kappa shape index (κ3) is 12.4. The fourth-order valence-electron chi connectivity index (χ4n) is 2.44. The summed E-state index contributed by atoms with van der Waals surface area (Å²) in [6, 6.07) is 0. The summed E-state index contributed by atoms with van der Waals surface area (Å²) >= 11 is 0. The highest BCUT2D eigenvalue weighted by Gasteiger charge is 2.44. The molecule has 0 aromatic heterocycles. The van der Waals surface area contributed by atoms with Gasteiger partial charge in [0.25, 0.3) is 0 Å². The first-order valence-electron chi connectivity index (χ1n) is 8.21. The van der Waals surface area contributed by atoms with Crippen LogP contribution in [-0.4, -0.2) is 52.3 Å². The summed E-state index contributed by atoms with van der Waals surface area (Å²) in [6.45, 7) is 24.6. The Morgan fingerprint density at radius 3 is 1.21 bits per heavy atom. The van der Waals surface area contributed by atoms with Crippen LogP contribution < -0.4 is 0 Å². The van der Waals surface area contributed by atoms with E-state index in [9.17, 15) is 0 Å². The van der Waals surface area contributed by atoms with Crippen molar-refractivity contribution in [3.05, 3.63) is 0 Å². The number of hydrogen-bond acceptors (Lipinski definition) is 6. The van der Waals surface area contributed by atoms with Crippen LogP contribution in [0.5, 0.6) is 0 Å². The van der Waals surface area contributed by atoms with Crippen molar-refractivity contribution in [2.75, 3.05) is 0 Å². The highest BCUT2D eigenvalue weighted by Crippen LogP contribution is 2.23. The molecule has 24 heavy (non-hydrogen) atoms. The van der Waals surface area contributed by atoms with E-state index in [2.05, 4.69) is 39.3 Å². The van der Waals surface area contributed by atoms with Crippen LogP contribution in [0.4, 0.5) is 0 Å². The van der Waals surface area contributed by atoms with Crippen molar-refractivity contribution < 1.29 is 25.6 Å². The molecule has 0 heterocycles. The van der Waals surface area contributed by atoms with Crippen LogP contribution in [0.3, 0.4) is 0 Å². The summed E-state index contributed by atoms with van der Waals surface area (Å²) in [4.78, 5) is 0. The molecule has 0 aliphatic heterocycles. The Hall–Kier alpha value is 1.06. The Labute approximate surface area is 156 Å². The summed E-state index contributed by atoms with van der Waals surface area (Å²) < 4.78 is 36.0. The first-order chi connectivity index (χ1) is 10.5. The highest BCUT2D eigenvalue weighted by molar-refractivity contribution is 6.86. The van der Waals surface area contributed by atoms with Gasteiger partial charge in [0, 0.05) is 0 Å². The Bertz CT molecular complexity index is 388. The largest absolute Gasteiger partial charge is 0.437 e. The van der Waals surface area contributed by atoms with Crippen molar-refractivity contribution in [1.82, 2.24) is 0 Å². The average Bonchev–Trinajstić information content (AvgIpc) is 2.19. The van der Waals surface area contributed by atoms with Gasteiger partial charge in [-0.15, -0.1) is 0 Å². The molecule has 0 aromatic rings. The smallest absolute Gasteiger partial charge is 0.359 e. The molecule has 2 radical (unpaired) electrons. The zero-order chi connectivity index (χ0) is 19.4. The van der Waals surface area contributed by atoms with Crippen LogP contribution in [-0.2, 0) is 25.6 Å². The minimum Gasteiger partial charge on any atom is -0.437 e. The van der Waals surface area contributed by atoms with Crippen LogP contribution >= 0.6 is 0 Å². The molecule has 0 atom stereocenters. The Kier molecular flexibility index (Phi) is 9.73. The molecule has 0 unspecified atom stereocenters. The lowest BCUT2D eigenvalue weighted by molar-refractivity contribution is -0.151. The van der Waals surface area contributed by atoms with Crippen molar-refractivity contribution in [2.24, 2.45) is 0 Å². The molecular formula is C12H36O6Si6. The van der Waals surface area contributed by atoms with Crippen LogP contribution in [0.2, 0.25) is 78.6 Å². The van der Waals surface area contributed by atoms with Gasteiger partial charge in [0.2, 0.25) is 0 Å². The monoisotopic (exact) mass is 444 g/mol. The van der Waals surface area contributed by atoms with Gasteiger partial charge in [-0.25, -0.2) is 0 Å². The molecule has 0 saturated heterocycles. The molecule has 0 rings (SSSR count). The first kappa shape index (κ1) is 25.1. The second-order valence-corrected chi connectivity index (χ2v) is 26.4. The number of hydrogen-bond donors (Lipinski definition) is 0. The van der Waals surface area contributed by atoms with E-state index < -0.39 is 52.3 Å². The zero-order valence-electron chi connectivity index (χ0n) is 17.4. The molecule has 0 aliphatic carbocycles. The van der Waals surface area contributed by atoms with Crippen LogP contribution in [0.1, 0.15) is 0 Å². The van der Waals surface area contributed by atoms with Gasteiger partial charge in [-0.05, 0) is 78.6 Å². The minimum atomic E-state index is -2.48. The van der Waals surface area contributed by atoms with Gasteiger partial charge in [0.1, 0.15) is 0 Å². The minimum absolute atomic E-state index is 0.796. The van der Waals surface area contributed by atoms with Crippen molar-refractivity contribution >= 4 is 52.3 Å². The van der Waals surface area contributed by atoms with Gasteiger partial charge in [0.05, 0.1) is 0 Å². The van der Waals surface area contributed by atoms with E-state index in [0.29, 0.717) is 0 Å². The average molecular weight is 445 g/mol. The topological polar surface area (TPSA) is 55.4 Å². The lowest BCUT2D eigenvalue weighted by Crippen LogP contribution is -2.56. The fraction of sp³-hybridized carbons (Fsp3) is 1.00. The van der Waals surface area contributed by atoms with Crippen molar-refractivity contribution in [2.45, 2.75) is 78.6 Å². The molecule has 144 valence electrons. The normalized spacial score (nSPS) is 14.8. The van der Waals surface area contributed by atoms with E-state index in [-0.39, 0.29) is 0 Å². The summed E-state index contributed by atoms with van der Waals surface area (Å²) in [7, 11) is -10.9. The Balaban J connectivity index is 4.71. The molecule has 6 nitrogen and oxygen atoms in total. The Morgan fingerprint density at radius 2 is 0.792 bits per heavy atom. The van der Waals surface area contributed by atoms with E-state index >= 15 is 0 Å². The van der Waals surface area contributed by atoms with Gasteiger partial charge in [-0.2, -0.15) is 0 Å². The van der Waals surface area contributed by atoms with Crippen molar-refractivity contribution in [3.8, 4) is 0 Å². The summed E-state index contributed by atoms with van der Waals surface area (Å²) in [5.74, 6) is 0. The van der Waals surface area contributed by atoms with E-state index in [0.717, 1.165) is 0 Å². The maximum atomic E-state index is 6.31. The van der Waals surface area contributed by atoms with Gasteiger partial charge >= 0.3 is 34.2 Å². The highest BCUT2D eigenvalue weighted by atomic mass is 28.5. The lowest BCUT2D eigenvalue weighted by atomic mass is 11.9. The standard InChI is InChI=1S/C12H36O6Si6/c1-19(2)15-21(5,6)13-14-22(7,8)17-24(11,12)18-23(9,10)16-20(3)4/h1-12H3. The summed E-state index contributed by atoms with van der Waals surface area (Å²) in [5, 5.41) is 0. The molecule has 0 amide bonds. The molecular weight excluding hydrogens is 409 g/mol. The molecule has 12 heteroatoms. The van der Waals surface area contributed by atoms with E-state index in [1.807, 2.05) is 39.3 Å². The predicted molar refractivity (Wildman–Crippen MR) is 111 cm³/mol. The third-order valence-electron chi connectivity index (χ3n) is 2.33. The molecule has 0 fully saturated rings. The molecule has 0 saturated carbocycles. The molecule has 0 aliphatic rings. The van der Waals surface area contributed by atoms with E-state index in [1.54, 1.807) is 0 Å². The molecule has 0 spiro atoms. The summed E-state index contributed by atoms with van der Waals surface area (Å²) in [5.41, 5.74) is 0. The van der Waals surface area contributed by atoms with Crippen LogP contribution in [0, 0.1) is 0 Å². The van der Waals surface area contributed by atoms with E-state index in [1.165, 1.54) is 0 Å². The maximum Gasteiger partial charge on any atom is 0.359 e. The lowest BCUT2D eigenvalue weighted by Gasteiger charge is -2.38. The van der Waals surface area contributed by atoms with E-state index in [4.69, 9.17) is 25.6 Å². The predicted octanol–water partition coefficient (Wildman–Crippen LogP) is 4.31. The maximum absolute atomic E-state index is 6.31. The van der Waals surface area contributed by atoms with Gasteiger partial charge in [-0.3, -0.25) is 9.15 Å². The van der Waals surface area contributed by atoms with Gasteiger partial charge in [-0.1, -0.05) is 0 Å². The summed E-state index contributed by atoms with van der Waals surface area (Å²) in [6.07, 6.45) is 0. The quantitative estimate of drug-likeness (QED) is 0.269. The second-order valence-electron chi connectivity index (χ2n) is 7.99. The van der Waals surface area contributed by atoms with Gasteiger partial charge < -0.3 is 16.5 Å². The first-order valence-corrected chi connectivity index (χ1v) is 24.3. The zero-order valence-corrected chi connectivity index (χ0v) is 23.4. The number of rotatable bonds is 11. The van der Waals surface area contributed by atoms with Gasteiger partial charge in [0.15, 0.2) is 18.1 Å². The molecule has 0 N–H and O–H groups in total. The Morgan fingerprint density at radius 1 is 0.458 bits per heavy atom.